The molecule has 6 atom stereocenters. The molecule has 4 rings (SSSR count). The van der Waals surface area contributed by atoms with E-state index in [9.17, 15) is 19.8 Å². The lowest BCUT2D eigenvalue weighted by Crippen LogP contribution is -2.50. The summed E-state index contributed by atoms with van der Waals surface area (Å²) in [7, 11) is 2.18. The topological polar surface area (TPSA) is 126 Å². The molecule has 0 bridgehead atoms. The molecular weight excluding hydrogens is 570 g/mol. The zero-order valence-corrected chi connectivity index (χ0v) is 27.3. The van der Waals surface area contributed by atoms with Crippen LogP contribution in [-0.4, -0.2) is 96.2 Å². The largest absolute Gasteiger partial charge is 0.394 e. The smallest absolute Gasteiger partial charge is 0.315 e. The highest BCUT2D eigenvalue weighted by Crippen LogP contribution is 2.35. The van der Waals surface area contributed by atoms with Crippen LogP contribution >= 0.6 is 0 Å². The highest BCUT2D eigenvalue weighted by Gasteiger charge is 2.49. The van der Waals surface area contributed by atoms with Crippen molar-refractivity contribution in [3.8, 4) is 11.8 Å². The van der Waals surface area contributed by atoms with Crippen LogP contribution in [0.5, 0.6) is 0 Å². The summed E-state index contributed by atoms with van der Waals surface area (Å²) in [6.45, 7) is 4.20. The molecule has 0 aromatic heterocycles. The Morgan fingerprint density at radius 1 is 1.07 bits per heavy atom. The van der Waals surface area contributed by atoms with Gasteiger partial charge in [0.25, 0.3) is 0 Å². The molecule has 3 aliphatic rings. The molecule has 0 spiro atoms. The molecule has 10 heteroatoms. The van der Waals surface area contributed by atoms with Crippen molar-refractivity contribution in [1.82, 2.24) is 25.9 Å². The zero-order chi connectivity index (χ0) is 32.0. The first kappa shape index (κ1) is 35.2. The van der Waals surface area contributed by atoms with Crippen molar-refractivity contribution in [1.29, 1.82) is 0 Å². The first-order chi connectivity index (χ1) is 21.9. The van der Waals surface area contributed by atoms with Gasteiger partial charge in [-0.25, -0.2) is 4.79 Å². The predicted octanol–water partition coefficient (Wildman–Crippen LogP) is 3.04. The van der Waals surface area contributed by atoms with Crippen LogP contribution in [0.2, 0.25) is 0 Å². The predicted molar refractivity (Wildman–Crippen MR) is 175 cm³/mol. The summed E-state index contributed by atoms with van der Waals surface area (Å²) in [6, 6.07) is 9.50. The summed E-state index contributed by atoms with van der Waals surface area (Å²) in [4.78, 5) is 34.2. The number of nitrogens with zero attached hydrogens (tertiary/aromatic N) is 2. The van der Waals surface area contributed by atoms with Gasteiger partial charge in [0.05, 0.1) is 19.3 Å². The zero-order valence-electron chi connectivity index (χ0n) is 27.3. The number of amides is 3. The molecule has 45 heavy (non-hydrogen) atoms. The van der Waals surface area contributed by atoms with Crippen LogP contribution < -0.4 is 16.0 Å². The van der Waals surface area contributed by atoms with E-state index in [1.54, 1.807) is 12.0 Å². The second kappa shape index (κ2) is 18.5. The Bertz CT molecular complexity index is 1100. The van der Waals surface area contributed by atoms with Crippen molar-refractivity contribution in [3.05, 3.63) is 35.9 Å². The summed E-state index contributed by atoms with van der Waals surface area (Å²) in [5.74, 6) is 6.27. The Morgan fingerprint density at radius 3 is 2.58 bits per heavy atom. The number of benzene rings is 1. The van der Waals surface area contributed by atoms with Gasteiger partial charge < -0.3 is 31.1 Å². The van der Waals surface area contributed by atoms with Crippen LogP contribution in [0.3, 0.4) is 0 Å². The van der Waals surface area contributed by atoms with Gasteiger partial charge in [0.15, 0.2) is 0 Å². The van der Waals surface area contributed by atoms with Crippen molar-refractivity contribution in [2.75, 3.05) is 39.8 Å². The SMILES string of the molecule is C[C@@H](O)[C@H]1[C@@H](CO)ON(CC2CCCC(C#CCNC(=O)NCc3ccccc3)C2)[C@H]1C(=O)NCCCN(C)C1CCCCC1. The van der Waals surface area contributed by atoms with E-state index in [0.717, 1.165) is 44.2 Å². The molecule has 3 amide bonds. The lowest BCUT2D eigenvalue weighted by Gasteiger charge is -2.32. The molecule has 10 nitrogen and oxygen atoms in total. The number of nitrogens with one attached hydrogen (secondary N) is 3. The van der Waals surface area contributed by atoms with Gasteiger partial charge in [-0.15, -0.1) is 0 Å². The summed E-state index contributed by atoms with van der Waals surface area (Å²) in [6.07, 6.45) is 9.78. The second-order valence-corrected chi connectivity index (χ2v) is 13.2. The number of rotatable bonds is 13. The Morgan fingerprint density at radius 2 is 1.84 bits per heavy atom. The van der Waals surface area contributed by atoms with Crippen LogP contribution in [0.15, 0.2) is 30.3 Å². The van der Waals surface area contributed by atoms with Crippen LogP contribution in [0.1, 0.15) is 76.7 Å². The number of aliphatic hydroxyl groups excluding tert-OH is 2. The molecule has 5 N–H and O–H groups in total. The molecule has 1 heterocycles. The second-order valence-electron chi connectivity index (χ2n) is 13.2. The maximum Gasteiger partial charge on any atom is 0.315 e. The van der Waals surface area contributed by atoms with Crippen LogP contribution in [0, 0.1) is 29.6 Å². The molecule has 1 aromatic carbocycles. The first-order valence-electron chi connectivity index (χ1n) is 17.1. The number of urea groups is 1. The number of hydrogen-bond acceptors (Lipinski definition) is 7. The average Bonchev–Trinajstić information content (AvgIpc) is 3.43. The van der Waals surface area contributed by atoms with E-state index in [2.05, 4.69) is 39.7 Å². The third-order valence-electron chi connectivity index (χ3n) is 9.73. The molecule has 1 aliphatic heterocycles. The standard InChI is InChI=1S/C35H55N5O5/c1-26(42)32-31(25-41)45-40(33(32)34(43)36-20-11-21-39(2)30-17-7-4-8-18-30)24-29-15-9-14-27(22-29)16-10-19-37-35(44)38-23-28-12-5-3-6-13-28/h3,5-6,12-13,26-27,29-33,41-42H,4,7-9,11,14-15,17-25H2,1-2H3,(H,36,43)(H2,37,38,44)/t26-,27?,29?,31-,32+,33-/m1/s1. The molecule has 2 unspecified atom stereocenters. The molecule has 2 aliphatic carbocycles. The number of carbonyl (C=O) groups excluding carboxylic acids is 2. The van der Waals surface area contributed by atoms with E-state index < -0.39 is 24.2 Å². The van der Waals surface area contributed by atoms with Gasteiger partial charge in [-0.2, -0.15) is 5.06 Å². The van der Waals surface area contributed by atoms with E-state index in [-0.39, 0.29) is 36.9 Å². The van der Waals surface area contributed by atoms with Gasteiger partial charge in [0.2, 0.25) is 5.91 Å². The normalized spacial score (nSPS) is 26.6. The average molecular weight is 626 g/mol. The van der Waals surface area contributed by atoms with Crippen molar-refractivity contribution >= 4 is 11.9 Å². The van der Waals surface area contributed by atoms with Gasteiger partial charge >= 0.3 is 6.03 Å². The minimum atomic E-state index is -0.803. The van der Waals surface area contributed by atoms with Crippen LogP contribution in [-0.2, 0) is 16.2 Å². The molecule has 250 valence electrons. The summed E-state index contributed by atoms with van der Waals surface area (Å²) in [5.41, 5.74) is 1.04. The van der Waals surface area contributed by atoms with E-state index >= 15 is 0 Å². The van der Waals surface area contributed by atoms with E-state index in [0.29, 0.717) is 25.7 Å². The van der Waals surface area contributed by atoms with Gasteiger partial charge in [-0.3, -0.25) is 9.63 Å². The monoisotopic (exact) mass is 625 g/mol. The van der Waals surface area contributed by atoms with E-state index in [4.69, 9.17) is 4.84 Å². The fourth-order valence-electron chi connectivity index (χ4n) is 7.25. The Balaban J connectivity index is 1.24. The number of aliphatic hydroxyl groups is 2. The quantitative estimate of drug-likeness (QED) is 0.169. The highest BCUT2D eigenvalue weighted by atomic mass is 16.7. The molecule has 3 fully saturated rings. The number of hydrogen-bond donors (Lipinski definition) is 5. The van der Waals surface area contributed by atoms with Crippen molar-refractivity contribution < 1.29 is 24.6 Å². The lowest BCUT2D eigenvalue weighted by atomic mass is 9.81. The lowest BCUT2D eigenvalue weighted by molar-refractivity contribution is -0.183. The molecule has 1 aromatic rings. The van der Waals surface area contributed by atoms with E-state index in [1.165, 1.54) is 32.1 Å². The fourth-order valence-corrected chi connectivity index (χ4v) is 7.25. The molecular formula is C35H55N5O5. The van der Waals surface area contributed by atoms with Crippen molar-refractivity contribution in [2.24, 2.45) is 17.8 Å². The molecule has 0 radical (unpaired) electrons. The Labute approximate surface area is 269 Å². The third-order valence-corrected chi connectivity index (χ3v) is 9.73. The Kier molecular flexibility index (Phi) is 14.4. The maximum absolute atomic E-state index is 13.5. The minimum absolute atomic E-state index is 0.152. The number of hydroxylamine groups is 2. The summed E-state index contributed by atoms with van der Waals surface area (Å²) >= 11 is 0. The molecule has 2 saturated carbocycles. The first-order valence-corrected chi connectivity index (χ1v) is 17.1. The number of carbonyl (C=O) groups is 2. The van der Waals surface area contributed by atoms with Crippen LogP contribution in [0.4, 0.5) is 4.79 Å². The fraction of sp³-hybridized carbons (Fsp3) is 0.714. The Hall–Kier alpha value is -2.68. The third kappa shape index (κ3) is 11.0. The molecule has 1 saturated heterocycles. The van der Waals surface area contributed by atoms with Gasteiger partial charge in [-0.05, 0) is 70.5 Å². The minimum Gasteiger partial charge on any atom is -0.394 e. The maximum atomic E-state index is 13.5. The van der Waals surface area contributed by atoms with Crippen molar-refractivity contribution in [3.63, 3.8) is 0 Å². The summed E-state index contributed by atoms with van der Waals surface area (Å²) in [5, 5.41) is 31.1. The van der Waals surface area contributed by atoms with Crippen molar-refractivity contribution in [2.45, 2.75) is 102 Å². The highest BCUT2D eigenvalue weighted by molar-refractivity contribution is 5.82. The van der Waals surface area contributed by atoms with E-state index in [1.807, 2.05) is 30.3 Å². The summed E-state index contributed by atoms with van der Waals surface area (Å²) < 4.78 is 0. The van der Waals surface area contributed by atoms with Crippen LogP contribution in [0.25, 0.3) is 0 Å². The van der Waals surface area contributed by atoms with Gasteiger partial charge in [0.1, 0.15) is 12.1 Å². The van der Waals surface area contributed by atoms with Gasteiger partial charge in [-0.1, -0.05) is 67.9 Å². The van der Waals surface area contributed by atoms with Gasteiger partial charge in [0, 0.05) is 37.5 Å².